The summed E-state index contributed by atoms with van der Waals surface area (Å²) in [5, 5.41) is 49.7. The molecule has 0 aliphatic carbocycles. The van der Waals surface area contributed by atoms with Crippen molar-refractivity contribution in [3.63, 3.8) is 0 Å². The van der Waals surface area contributed by atoms with Gasteiger partial charge in [0.05, 0.1) is 14.2 Å². The maximum atomic E-state index is 10.2. The zero-order valence-electron chi connectivity index (χ0n) is 22.2. The zero-order chi connectivity index (χ0) is 28.3. The van der Waals surface area contributed by atoms with Gasteiger partial charge in [0.15, 0.2) is 23.0 Å². The first-order chi connectivity index (χ1) is 18.6. The first kappa shape index (κ1) is 27.3. The van der Waals surface area contributed by atoms with E-state index in [9.17, 15) is 25.5 Å². The Morgan fingerprint density at radius 2 is 1.13 bits per heavy atom. The first-order valence-corrected chi connectivity index (χ1v) is 12.4. The van der Waals surface area contributed by atoms with Crippen molar-refractivity contribution in [1.29, 1.82) is 0 Å². The van der Waals surface area contributed by atoms with Gasteiger partial charge in [-0.25, -0.2) is 0 Å². The van der Waals surface area contributed by atoms with Gasteiger partial charge in [0.1, 0.15) is 17.2 Å². The second kappa shape index (κ2) is 11.3. The molecule has 202 valence electrons. The Morgan fingerprint density at radius 1 is 0.590 bits per heavy atom. The normalized spacial score (nSPS) is 12.8. The molecule has 4 rings (SSSR count). The van der Waals surface area contributed by atoms with Crippen LogP contribution >= 0.6 is 0 Å². The molecule has 4 aromatic rings. The Hall–Kier alpha value is -4.78. The highest BCUT2D eigenvalue weighted by Crippen LogP contribution is 2.48. The minimum absolute atomic E-state index is 0.176. The summed E-state index contributed by atoms with van der Waals surface area (Å²) in [7, 11) is 3.16. The van der Waals surface area contributed by atoms with E-state index in [2.05, 4.69) is 0 Å². The van der Waals surface area contributed by atoms with E-state index in [1.807, 2.05) is 32.1 Å². The van der Waals surface area contributed by atoms with Crippen LogP contribution in [0.25, 0.3) is 12.2 Å². The van der Waals surface area contributed by atoms with E-state index in [-0.39, 0.29) is 40.6 Å². The van der Waals surface area contributed by atoms with Crippen molar-refractivity contribution in [3.8, 4) is 40.2 Å². The van der Waals surface area contributed by atoms with Crippen LogP contribution < -0.4 is 9.47 Å². The van der Waals surface area contributed by atoms with E-state index in [0.29, 0.717) is 11.5 Å². The van der Waals surface area contributed by atoms with Crippen LogP contribution in [0.15, 0.2) is 66.7 Å². The quantitative estimate of drug-likeness (QED) is 0.127. The highest BCUT2D eigenvalue weighted by Gasteiger charge is 2.28. The molecule has 0 amide bonds. The summed E-state index contributed by atoms with van der Waals surface area (Å²) in [5.41, 5.74) is 4.76. The van der Waals surface area contributed by atoms with Gasteiger partial charge in [0.2, 0.25) is 0 Å². The van der Waals surface area contributed by atoms with Crippen molar-refractivity contribution >= 4 is 12.2 Å². The topological polar surface area (TPSA) is 120 Å². The fraction of sp³-hybridized carbons (Fsp3) is 0.188. The Kier molecular flexibility index (Phi) is 7.91. The van der Waals surface area contributed by atoms with Crippen molar-refractivity contribution < 1.29 is 35.0 Å². The van der Waals surface area contributed by atoms with Crippen molar-refractivity contribution in [2.75, 3.05) is 14.2 Å². The van der Waals surface area contributed by atoms with E-state index in [0.717, 1.165) is 33.4 Å². The summed E-state index contributed by atoms with van der Waals surface area (Å²) in [6.07, 6.45) is 3.85. The lowest BCUT2D eigenvalue weighted by molar-refractivity contribution is 0.378. The average molecular weight is 529 g/mol. The summed E-state index contributed by atoms with van der Waals surface area (Å²) >= 11 is 0. The number of hydrogen-bond acceptors (Lipinski definition) is 7. The number of rotatable bonds is 8. The Bertz CT molecular complexity index is 1510. The summed E-state index contributed by atoms with van der Waals surface area (Å²) in [5.74, 6) is -0.119. The van der Waals surface area contributed by atoms with E-state index in [1.165, 1.54) is 24.3 Å². The lowest BCUT2D eigenvalue weighted by Gasteiger charge is -2.27. The number of aromatic hydroxyl groups is 5. The summed E-state index contributed by atoms with van der Waals surface area (Å²) < 4.78 is 11.9. The molecule has 0 heterocycles. The molecular weight excluding hydrogens is 496 g/mol. The van der Waals surface area contributed by atoms with Gasteiger partial charge in [-0.1, -0.05) is 50.3 Å². The van der Waals surface area contributed by atoms with Gasteiger partial charge in [0.25, 0.3) is 0 Å². The molecule has 0 saturated heterocycles. The predicted octanol–water partition coefficient (Wildman–Crippen LogP) is 6.71. The van der Waals surface area contributed by atoms with Gasteiger partial charge in [-0.2, -0.15) is 0 Å². The van der Waals surface area contributed by atoms with Crippen molar-refractivity contribution in [3.05, 3.63) is 100 Å². The maximum Gasteiger partial charge on any atom is 0.157 e. The fourth-order valence-electron chi connectivity index (χ4n) is 4.79. The average Bonchev–Trinajstić information content (AvgIpc) is 2.93. The van der Waals surface area contributed by atoms with Crippen LogP contribution in [-0.2, 0) is 0 Å². The largest absolute Gasteiger partial charge is 0.508 e. The SMILES string of the molecule is COc1cc(/C=C/c2ccc(O)cc2)c(C(C)c2ccc(O)c(O)c2)c(OC)c1C(C)c1ccc(O)c(O)c1. The van der Waals surface area contributed by atoms with Crippen LogP contribution in [0, 0.1) is 0 Å². The molecule has 0 aliphatic rings. The second-order valence-electron chi connectivity index (χ2n) is 9.39. The Labute approximate surface area is 227 Å². The van der Waals surface area contributed by atoms with Gasteiger partial charge in [-0.15, -0.1) is 0 Å². The lowest BCUT2D eigenvalue weighted by atomic mass is 9.82. The molecule has 7 heteroatoms. The highest BCUT2D eigenvalue weighted by atomic mass is 16.5. The molecule has 7 nitrogen and oxygen atoms in total. The van der Waals surface area contributed by atoms with Gasteiger partial charge in [0, 0.05) is 23.0 Å². The molecule has 4 aromatic carbocycles. The predicted molar refractivity (Wildman–Crippen MR) is 151 cm³/mol. The Balaban J connectivity index is 1.96. The number of ether oxygens (including phenoxy) is 2. The van der Waals surface area contributed by atoms with Gasteiger partial charge in [-0.05, 0) is 64.7 Å². The van der Waals surface area contributed by atoms with Crippen LogP contribution in [-0.4, -0.2) is 39.8 Å². The number of phenolic OH excluding ortho intramolecular Hbond substituents is 5. The number of benzene rings is 4. The lowest BCUT2D eigenvalue weighted by Crippen LogP contribution is -2.09. The monoisotopic (exact) mass is 528 g/mol. The molecule has 5 N–H and O–H groups in total. The van der Waals surface area contributed by atoms with Crippen molar-refractivity contribution in [2.45, 2.75) is 25.7 Å². The molecule has 0 radical (unpaired) electrons. The first-order valence-electron chi connectivity index (χ1n) is 12.4. The third-order valence-electron chi connectivity index (χ3n) is 6.99. The van der Waals surface area contributed by atoms with Crippen LogP contribution in [0.4, 0.5) is 0 Å². The summed E-state index contributed by atoms with van der Waals surface area (Å²) in [6.45, 7) is 3.94. The van der Waals surface area contributed by atoms with Crippen LogP contribution in [0.2, 0.25) is 0 Å². The van der Waals surface area contributed by atoms with Gasteiger partial charge < -0.3 is 35.0 Å². The minimum atomic E-state index is -0.296. The molecule has 2 unspecified atom stereocenters. The summed E-state index contributed by atoms with van der Waals surface area (Å²) in [6, 6.07) is 18.2. The molecule has 0 saturated carbocycles. The van der Waals surface area contributed by atoms with Crippen LogP contribution in [0.5, 0.6) is 40.2 Å². The molecule has 39 heavy (non-hydrogen) atoms. The zero-order valence-corrected chi connectivity index (χ0v) is 22.2. The molecule has 0 fully saturated rings. The molecule has 0 aliphatic heterocycles. The van der Waals surface area contributed by atoms with Gasteiger partial charge >= 0.3 is 0 Å². The third-order valence-corrected chi connectivity index (χ3v) is 6.99. The fourth-order valence-corrected chi connectivity index (χ4v) is 4.79. The van der Waals surface area contributed by atoms with E-state index in [1.54, 1.807) is 50.6 Å². The number of phenols is 5. The number of hydrogen-bond donors (Lipinski definition) is 5. The molecule has 0 bridgehead atoms. The second-order valence-corrected chi connectivity index (χ2v) is 9.39. The maximum absolute atomic E-state index is 10.2. The van der Waals surface area contributed by atoms with Crippen molar-refractivity contribution in [1.82, 2.24) is 0 Å². The van der Waals surface area contributed by atoms with Crippen LogP contribution in [0.1, 0.15) is 59.1 Å². The smallest absolute Gasteiger partial charge is 0.157 e. The van der Waals surface area contributed by atoms with E-state index < -0.39 is 0 Å². The molecular formula is C32H32O7. The minimum Gasteiger partial charge on any atom is -0.508 e. The van der Waals surface area contributed by atoms with Crippen molar-refractivity contribution in [2.24, 2.45) is 0 Å². The van der Waals surface area contributed by atoms with Crippen LogP contribution in [0.3, 0.4) is 0 Å². The standard InChI is InChI=1S/C32H32O7/c1-18(21-9-13-25(34)27(36)15-21)30-23(8-5-20-6-11-24(33)12-7-20)17-29(38-3)31(32(30)39-4)19(2)22-10-14-26(35)28(37)16-22/h5-19,33-37H,1-4H3/b8-5+. The Morgan fingerprint density at radius 3 is 1.62 bits per heavy atom. The van der Waals surface area contributed by atoms with Gasteiger partial charge in [-0.3, -0.25) is 0 Å². The van der Waals surface area contributed by atoms with E-state index in [4.69, 9.17) is 9.47 Å². The third kappa shape index (κ3) is 5.57. The highest BCUT2D eigenvalue weighted by molar-refractivity contribution is 5.76. The van der Waals surface area contributed by atoms with E-state index >= 15 is 0 Å². The summed E-state index contributed by atoms with van der Waals surface area (Å²) in [4.78, 5) is 0. The molecule has 0 aromatic heterocycles. The number of methoxy groups -OCH3 is 2. The molecule has 0 spiro atoms. The molecule has 2 atom stereocenters.